The maximum absolute atomic E-state index is 10.7. The summed E-state index contributed by atoms with van der Waals surface area (Å²) in [5.41, 5.74) is 0. The fraction of sp³-hybridized carbons (Fsp3) is 0.154. The number of aliphatic carboxylic acids is 1. The molecule has 0 spiro atoms. The largest absolute Gasteiger partial charge is 0.479 e. The molecule has 0 amide bonds. The van der Waals surface area contributed by atoms with Gasteiger partial charge in [0.2, 0.25) is 0 Å². The summed E-state index contributed by atoms with van der Waals surface area (Å²) in [7, 11) is 0. The summed E-state index contributed by atoms with van der Waals surface area (Å²) in [5, 5.41) is 10.8. The zero-order valence-electron chi connectivity index (χ0n) is 8.88. The van der Waals surface area contributed by atoms with Crippen LogP contribution in [0.15, 0.2) is 42.5 Å². The molecule has 0 aliphatic heterocycles. The molecular weight excluding hydrogens is 204 g/mol. The van der Waals surface area contributed by atoms with Gasteiger partial charge in [0.1, 0.15) is 5.75 Å². The standard InChI is InChI=1S/C13H12O3/c1-9(13(14)15)16-12-8-4-6-10-5-2-3-7-11(10)12/h2-9H,1H3,(H,14,15)/t9-/m0/s1. The Morgan fingerprint density at radius 3 is 2.62 bits per heavy atom. The number of ether oxygens (including phenoxy) is 1. The molecule has 82 valence electrons. The number of benzene rings is 2. The Morgan fingerprint density at radius 2 is 1.88 bits per heavy atom. The predicted molar refractivity (Wildman–Crippen MR) is 61.7 cm³/mol. The highest BCUT2D eigenvalue weighted by molar-refractivity contribution is 5.88. The van der Waals surface area contributed by atoms with Crippen LogP contribution >= 0.6 is 0 Å². The van der Waals surface area contributed by atoms with Crippen molar-refractivity contribution in [2.45, 2.75) is 13.0 Å². The molecule has 1 atom stereocenters. The molecule has 0 heterocycles. The average molecular weight is 216 g/mol. The molecule has 0 saturated heterocycles. The van der Waals surface area contributed by atoms with Crippen LogP contribution in [0.2, 0.25) is 0 Å². The van der Waals surface area contributed by atoms with Crippen molar-refractivity contribution in [3.8, 4) is 5.75 Å². The number of carbonyl (C=O) groups is 1. The van der Waals surface area contributed by atoms with E-state index in [1.165, 1.54) is 6.92 Å². The topological polar surface area (TPSA) is 46.5 Å². The van der Waals surface area contributed by atoms with Crippen LogP contribution in [-0.2, 0) is 4.79 Å². The maximum Gasteiger partial charge on any atom is 0.344 e. The lowest BCUT2D eigenvalue weighted by molar-refractivity contribution is -0.144. The minimum Gasteiger partial charge on any atom is -0.479 e. The quantitative estimate of drug-likeness (QED) is 0.858. The van der Waals surface area contributed by atoms with E-state index in [4.69, 9.17) is 9.84 Å². The summed E-state index contributed by atoms with van der Waals surface area (Å²) in [6.07, 6.45) is -0.842. The molecule has 0 fully saturated rings. The molecule has 2 rings (SSSR count). The fourth-order valence-electron chi connectivity index (χ4n) is 1.54. The SMILES string of the molecule is C[C@H](Oc1cccc2ccccc12)C(=O)O. The molecule has 2 aromatic rings. The fourth-order valence-corrected chi connectivity index (χ4v) is 1.54. The second-order valence-corrected chi connectivity index (χ2v) is 3.58. The van der Waals surface area contributed by atoms with Gasteiger partial charge in [-0.3, -0.25) is 0 Å². The third-order valence-corrected chi connectivity index (χ3v) is 2.40. The van der Waals surface area contributed by atoms with Crippen molar-refractivity contribution in [1.29, 1.82) is 0 Å². The second-order valence-electron chi connectivity index (χ2n) is 3.58. The summed E-state index contributed by atoms with van der Waals surface area (Å²) < 4.78 is 5.39. The van der Waals surface area contributed by atoms with Gasteiger partial charge in [-0.05, 0) is 18.4 Å². The molecule has 16 heavy (non-hydrogen) atoms. The molecule has 3 nitrogen and oxygen atoms in total. The van der Waals surface area contributed by atoms with Crippen molar-refractivity contribution in [3.05, 3.63) is 42.5 Å². The molecule has 0 bridgehead atoms. The maximum atomic E-state index is 10.7. The molecule has 0 radical (unpaired) electrons. The molecule has 0 aliphatic carbocycles. The van der Waals surface area contributed by atoms with Gasteiger partial charge in [-0.2, -0.15) is 0 Å². The first-order chi connectivity index (χ1) is 7.68. The minimum atomic E-state index is -0.965. The van der Waals surface area contributed by atoms with Gasteiger partial charge >= 0.3 is 5.97 Å². The Labute approximate surface area is 93.3 Å². The summed E-state index contributed by atoms with van der Waals surface area (Å²) >= 11 is 0. The van der Waals surface area contributed by atoms with E-state index in [1.54, 1.807) is 6.07 Å². The van der Waals surface area contributed by atoms with Crippen LogP contribution in [0.1, 0.15) is 6.92 Å². The summed E-state index contributed by atoms with van der Waals surface area (Å²) in [5.74, 6) is -0.360. The van der Waals surface area contributed by atoms with Crippen molar-refractivity contribution in [1.82, 2.24) is 0 Å². The van der Waals surface area contributed by atoms with Gasteiger partial charge in [0.15, 0.2) is 6.10 Å². The zero-order valence-corrected chi connectivity index (χ0v) is 8.88. The number of carboxylic acid groups (broad SMARTS) is 1. The molecule has 0 aromatic heterocycles. The van der Waals surface area contributed by atoms with E-state index >= 15 is 0 Å². The van der Waals surface area contributed by atoms with Gasteiger partial charge in [-0.25, -0.2) is 4.79 Å². The molecule has 2 aromatic carbocycles. The number of carboxylic acids is 1. The van der Waals surface area contributed by atoms with Crippen LogP contribution in [0.3, 0.4) is 0 Å². The number of rotatable bonds is 3. The van der Waals surface area contributed by atoms with Crippen LogP contribution in [-0.4, -0.2) is 17.2 Å². The Hall–Kier alpha value is -2.03. The molecule has 0 saturated carbocycles. The smallest absolute Gasteiger partial charge is 0.344 e. The van der Waals surface area contributed by atoms with Gasteiger partial charge < -0.3 is 9.84 Å². The Morgan fingerprint density at radius 1 is 1.19 bits per heavy atom. The highest BCUT2D eigenvalue weighted by Gasteiger charge is 2.13. The highest BCUT2D eigenvalue weighted by atomic mass is 16.5. The van der Waals surface area contributed by atoms with E-state index in [0.29, 0.717) is 5.75 Å². The lowest BCUT2D eigenvalue weighted by Crippen LogP contribution is -2.22. The Bertz CT molecular complexity index is 514. The Kier molecular flexibility index (Phi) is 2.77. The molecule has 1 N–H and O–H groups in total. The lowest BCUT2D eigenvalue weighted by Gasteiger charge is -2.12. The first-order valence-corrected chi connectivity index (χ1v) is 5.05. The Balaban J connectivity index is 2.41. The minimum absolute atomic E-state index is 0.605. The van der Waals surface area contributed by atoms with Crippen molar-refractivity contribution >= 4 is 16.7 Å². The van der Waals surface area contributed by atoms with E-state index in [1.807, 2.05) is 36.4 Å². The lowest BCUT2D eigenvalue weighted by atomic mass is 10.1. The average Bonchev–Trinajstić information content (AvgIpc) is 2.29. The molecule has 0 aliphatic rings. The third-order valence-electron chi connectivity index (χ3n) is 2.40. The number of hydrogen-bond acceptors (Lipinski definition) is 2. The molecular formula is C13H12O3. The van der Waals surface area contributed by atoms with Crippen molar-refractivity contribution in [2.24, 2.45) is 0 Å². The van der Waals surface area contributed by atoms with Crippen LogP contribution < -0.4 is 4.74 Å². The van der Waals surface area contributed by atoms with Gasteiger partial charge in [0, 0.05) is 5.39 Å². The third kappa shape index (κ3) is 1.98. The predicted octanol–water partition coefficient (Wildman–Crippen LogP) is 2.69. The summed E-state index contributed by atoms with van der Waals surface area (Å²) in [6, 6.07) is 13.3. The van der Waals surface area contributed by atoms with Crippen LogP contribution in [0, 0.1) is 0 Å². The van der Waals surface area contributed by atoms with Gasteiger partial charge in [0.25, 0.3) is 0 Å². The van der Waals surface area contributed by atoms with E-state index in [0.717, 1.165) is 10.8 Å². The second kappa shape index (κ2) is 4.23. The van der Waals surface area contributed by atoms with Crippen molar-refractivity contribution in [2.75, 3.05) is 0 Å². The summed E-state index contributed by atoms with van der Waals surface area (Å²) in [4.78, 5) is 10.7. The van der Waals surface area contributed by atoms with Crippen LogP contribution in [0.25, 0.3) is 10.8 Å². The van der Waals surface area contributed by atoms with Crippen LogP contribution in [0.5, 0.6) is 5.75 Å². The molecule has 3 heteroatoms. The van der Waals surface area contributed by atoms with E-state index in [-0.39, 0.29) is 0 Å². The number of hydrogen-bond donors (Lipinski definition) is 1. The van der Waals surface area contributed by atoms with Crippen LogP contribution in [0.4, 0.5) is 0 Å². The normalized spacial score (nSPS) is 12.3. The molecule has 0 unspecified atom stereocenters. The van der Waals surface area contributed by atoms with E-state index < -0.39 is 12.1 Å². The van der Waals surface area contributed by atoms with Gasteiger partial charge in [0.05, 0.1) is 0 Å². The van der Waals surface area contributed by atoms with Gasteiger partial charge in [-0.15, -0.1) is 0 Å². The summed E-state index contributed by atoms with van der Waals surface area (Å²) in [6.45, 7) is 1.52. The first kappa shape index (κ1) is 10.5. The van der Waals surface area contributed by atoms with E-state index in [9.17, 15) is 4.79 Å². The highest BCUT2D eigenvalue weighted by Crippen LogP contribution is 2.25. The first-order valence-electron chi connectivity index (χ1n) is 5.05. The van der Waals surface area contributed by atoms with E-state index in [2.05, 4.69) is 0 Å². The number of fused-ring (bicyclic) bond motifs is 1. The van der Waals surface area contributed by atoms with Gasteiger partial charge in [-0.1, -0.05) is 36.4 Å². The monoisotopic (exact) mass is 216 g/mol. The van der Waals surface area contributed by atoms with Crippen molar-refractivity contribution < 1.29 is 14.6 Å². The van der Waals surface area contributed by atoms with Crippen molar-refractivity contribution in [3.63, 3.8) is 0 Å². The zero-order chi connectivity index (χ0) is 11.5.